The van der Waals surface area contributed by atoms with Gasteiger partial charge in [-0.25, -0.2) is 0 Å². The highest BCUT2D eigenvalue weighted by Crippen LogP contribution is 2.32. The summed E-state index contributed by atoms with van der Waals surface area (Å²) in [7, 11) is 7.88. The molecule has 1 fully saturated rings. The van der Waals surface area contributed by atoms with Gasteiger partial charge in [0, 0.05) is 46.0 Å². The van der Waals surface area contributed by atoms with Crippen molar-refractivity contribution in [2.75, 3.05) is 28.2 Å². The van der Waals surface area contributed by atoms with Gasteiger partial charge in [0.15, 0.2) is 0 Å². The highest BCUT2D eigenvalue weighted by Gasteiger charge is 2.29. The number of nitrogens with zero attached hydrogens (tertiary/aromatic N) is 4. The first-order valence-electron chi connectivity index (χ1n) is 5.76. The summed E-state index contributed by atoms with van der Waals surface area (Å²) in [5.41, 5.74) is 2.76. The van der Waals surface area contributed by atoms with E-state index in [1.54, 1.807) is 0 Å². The lowest BCUT2D eigenvalue weighted by Gasteiger charge is -2.32. The van der Waals surface area contributed by atoms with Crippen molar-refractivity contribution in [3.8, 4) is 0 Å². The van der Waals surface area contributed by atoms with E-state index in [4.69, 9.17) is 0 Å². The third-order valence-electron chi connectivity index (χ3n) is 2.46. The van der Waals surface area contributed by atoms with E-state index in [9.17, 15) is 0 Å². The Kier molecular flexibility index (Phi) is 3.94. The maximum atomic E-state index is 4.54. The van der Waals surface area contributed by atoms with Crippen molar-refractivity contribution < 1.29 is 0 Å². The van der Waals surface area contributed by atoms with E-state index in [1.165, 1.54) is 11.4 Å². The molecule has 0 radical (unpaired) electrons. The fraction of sp³-hybridized carbons (Fsp3) is 0.833. The molecule has 0 saturated heterocycles. The summed E-state index contributed by atoms with van der Waals surface area (Å²) in [6.45, 7) is 4.56. The van der Waals surface area contributed by atoms with Crippen LogP contribution < -0.4 is 0 Å². The fourth-order valence-electron chi connectivity index (χ4n) is 2.23. The van der Waals surface area contributed by atoms with Gasteiger partial charge in [-0.15, -0.1) is 0 Å². The zero-order chi connectivity index (χ0) is 12.3. The van der Waals surface area contributed by atoms with E-state index in [1.807, 2.05) is 38.2 Å². The molecule has 0 amide bonds. The Balaban J connectivity index is 2.86. The molecular formula is C12H24N4. The van der Waals surface area contributed by atoms with Crippen LogP contribution in [0.3, 0.4) is 0 Å². The molecule has 16 heavy (non-hydrogen) atoms. The normalized spacial score (nSPS) is 24.9. The molecule has 0 atom stereocenters. The van der Waals surface area contributed by atoms with Crippen LogP contribution >= 0.6 is 0 Å². The van der Waals surface area contributed by atoms with Crippen molar-refractivity contribution in [3.63, 3.8) is 0 Å². The summed E-state index contributed by atoms with van der Waals surface area (Å²) in [6, 6.07) is 0. The highest BCUT2D eigenvalue weighted by atomic mass is 15.4. The molecule has 0 bridgehead atoms. The first kappa shape index (κ1) is 13.0. The molecule has 0 aromatic rings. The maximum Gasteiger partial charge on any atom is 0.0442 e. The van der Waals surface area contributed by atoms with Gasteiger partial charge in [0.25, 0.3) is 0 Å². The third-order valence-corrected chi connectivity index (χ3v) is 2.46. The summed E-state index contributed by atoms with van der Waals surface area (Å²) < 4.78 is 0. The van der Waals surface area contributed by atoms with Crippen molar-refractivity contribution >= 4 is 11.4 Å². The molecule has 4 heteroatoms. The number of rotatable bonds is 2. The molecule has 1 saturated carbocycles. The van der Waals surface area contributed by atoms with Crippen LogP contribution in [0.4, 0.5) is 0 Å². The van der Waals surface area contributed by atoms with Crippen LogP contribution in [0.25, 0.3) is 0 Å². The Labute approximate surface area is 99.0 Å². The van der Waals surface area contributed by atoms with Crippen molar-refractivity contribution in [2.45, 2.75) is 33.1 Å². The molecule has 0 aromatic carbocycles. The second-order valence-corrected chi connectivity index (χ2v) is 5.72. The van der Waals surface area contributed by atoms with E-state index in [2.05, 4.69) is 24.1 Å². The number of hydrogen-bond acceptors (Lipinski definition) is 4. The fourth-order valence-corrected chi connectivity index (χ4v) is 2.23. The average molecular weight is 224 g/mol. The SMILES string of the molecule is CN(C)/N=C1\C/C(=N/N(C)C)CC(C)(C)C1. The largest absolute Gasteiger partial charge is 0.303 e. The van der Waals surface area contributed by atoms with E-state index in [0.717, 1.165) is 19.3 Å². The molecule has 1 rings (SSSR count). The van der Waals surface area contributed by atoms with Crippen molar-refractivity contribution in [1.82, 2.24) is 10.0 Å². The minimum atomic E-state index is 0.280. The molecule has 0 heterocycles. The van der Waals surface area contributed by atoms with Gasteiger partial charge in [-0.3, -0.25) is 0 Å². The van der Waals surface area contributed by atoms with Crippen LogP contribution in [0, 0.1) is 5.41 Å². The standard InChI is InChI=1S/C12H24N4/c1-12(2)8-10(13-15(3)4)7-11(9-12)14-16(5)6/h7-9H2,1-6H3/b13-10-,14-11+. The van der Waals surface area contributed by atoms with Gasteiger partial charge in [-0.05, 0) is 18.3 Å². The molecule has 0 N–H and O–H groups in total. The second-order valence-electron chi connectivity index (χ2n) is 5.72. The van der Waals surface area contributed by atoms with Gasteiger partial charge < -0.3 is 10.0 Å². The van der Waals surface area contributed by atoms with Gasteiger partial charge in [0.1, 0.15) is 0 Å². The van der Waals surface area contributed by atoms with Crippen LogP contribution in [0.15, 0.2) is 10.2 Å². The van der Waals surface area contributed by atoms with Gasteiger partial charge in [-0.2, -0.15) is 10.2 Å². The zero-order valence-corrected chi connectivity index (χ0v) is 11.4. The van der Waals surface area contributed by atoms with E-state index < -0.39 is 0 Å². The first-order chi connectivity index (χ1) is 7.28. The van der Waals surface area contributed by atoms with Crippen LogP contribution in [0.2, 0.25) is 0 Å². The molecule has 0 aliphatic heterocycles. The summed E-state index contributed by atoms with van der Waals surface area (Å²) in [6.07, 6.45) is 3.05. The quantitative estimate of drug-likeness (QED) is 0.672. The predicted octanol–water partition coefficient (Wildman–Crippen LogP) is 2.03. The first-order valence-corrected chi connectivity index (χ1v) is 5.76. The van der Waals surface area contributed by atoms with Crippen molar-refractivity contribution in [1.29, 1.82) is 0 Å². The molecule has 0 aromatic heterocycles. The van der Waals surface area contributed by atoms with Crippen LogP contribution in [0.5, 0.6) is 0 Å². The molecule has 4 nitrogen and oxygen atoms in total. The smallest absolute Gasteiger partial charge is 0.0442 e. The van der Waals surface area contributed by atoms with Crippen LogP contribution in [0.1, 0.15) is 33.1 Å². The predicted molar refractivity (Wildman–Crippen MR) is 69.9 cm³/mol. The van der Waals surface area contributed by atoms with Crippen molar-refractivity contribution in [2.24, 2.45) is 15.6 Å². The van der Waals surface area contributed by atoms with Crippen LogP contribution in [-0.2, 0) is 0 Å². The number of hydrazone groups is 2. The molecule has 0 unspecified atom stereocenters. The Morgan fingerprint density at radius 2 is 1.25 bits per heavy atom. The summed E-state index contributed by atoms with van der Waals surface area (Å²) in [4.78, 5) is 0. The van der Waals surface area contributed by atoms with E-state index in [-0.39, 0.29) is 5.41 Å². The molecule has 1 aliphatic rings. The second kappa shape index (κ2) is 4.85. The minimum Gasteiger partial charge on any atom is -0.303 e. The summed E-state index contributed by atoms with van der Waals surface area (Å²) >= 11 is 0. The maximum absolute atomic E-state index is 4.54. The highest BCUT2D eigenvalue weighted by molar-refractivity contribution is 6.07. The van der Waals surface area contributed by atoms with Gasteiger partial charge in [0.05, 0.1) is 0 Å². The third kappa shape index (κ3) is 4.21. The van der Waals surface area contributed by atoms with Gasteiger partial charge >= 0.3 is 0 Å². The lowest BCUT2D eigenvalue weighted by Crippen LogP contribution is -2.31. The lowest BCUT2D eigenvalue weighted by atomic mass is 9.75. The van der Waals surface area contributed by atoms with Crippen molar-refractivity contribution in [3.05, 3.63) is 0 Å². The Morgan fingerprint density at radius 1 is 0.875 bits per heavy atom. The van der Waals surface area contributed by atoms with Gasteiger partial charge in [0.2, 0.25) is 0 Å². The Morgan fingerprint density at radius 3 is 1.56 bits per heavy atom. The van der Waals surface area contributed by atoms with Crippen LogP contribution in [-0.4, -0.2) is 49.6 Å². The molecular weight excluding hydrogens is 200 g/mol. The topological polar surface area (TPSA) is 31.2 Å². The summed E-state index contributed by atoms with van der Waals surface area (Å²) in [5, 5.41) is 12.8. The van der Waals surface area contributed by atoms with E-state index in [0.29, 0.717) is 0 Å². The van der Waals surface area contributed by atoms with E-state index >= 15 is 0 Å². The molecule has 92 valence electrons. The monoisotopic (exact) mass is 224 g/mol. The number of hydrogen-bond donors (Lipinski definition) is 0. The molecule has 0 spiro atoms. The average Bonchev–Trinajstić information content (AvgIpc) is 1.95. The Hall–Kier alpha value is -1.06. The zero-order valence-electron chi connectivity index (χ0n) is 11.4. The minimum absolute atomic E-state index is 0.280. The molecule has 1 aliphatic carbocycles. The Bertz CT molecular complexity index is 272. The van der Waals surface area contributed by atoms with Gasteiger partial charge in [-0.1, -0.05) is 13.8 Å². The summed E-state index contributed by atoms with van der Waals surface area (Å²) in [5.74, 6) is 0. The lowest BCUT2D eigenvalue weighted by molar-refractivity contribution is 0.367.